The van der Waals surface area contributed by atoms with Gasteiger partial charge in [-0.25, -0.2) is 0 Å². The summed E-state index contributed by atoms with van der Waals surface area (Å²) >= 11 is 0. The molecule has 4 heteroatoms. The summed E-state index contributed by atoms with van der Waals surface area (Å²) in [6, 6.07) is 9.61. The van der Waals surface area contributed by atoms with Crippen LogP contribution in [0, 0.1) is 6.92 Å². The molecule has 0 spiro atoms. The van der Waals surface area contributed by atoms with Gasteiger partial charge in [-0.2, -0.15) is 0 Å². The van der Waals surface area contributed by atoms with E-state index >= 15 is 0 Å². The van der Waals surface area contributed by atoms with E-state index in [1.165, 1.54) is 11.1 Å². The lowest BCUT2D eigenvalue weighted by molar-refractivity contribution is 0.0936. The number of amides is 1. The fourth-order valence-electron chi connectivity index (χ4n) is 2.63. The van der Waals surface area contributed by atoms with Crippen LogP contribution in [0.2, 0.25) is 0 Å². The third kappa shape index (κ3) is 2.37. The van der Waals surface area contributed by atoms with Crippen LogP contribution in [0.25, 0.3) is 0 Å². The SMILES string of the molecule is Cc1ccc(C(=O)NC2CCc3cc(N)ccc32)cn1. The van der Waals surface area contributed by atoms with E-state index in [0.717, 1.165) is 24.2 Å². The molecule has 1 heterocycles. The molecule has 3 rings (SSSR count). The van der Waals surface area contributed by atoms with Crippen LogP contribution in [0.1, 0.15) is 39.6 Å². The number of hydrogen-bond acceptors (Lipinski definition) is 3. The Balaban J connectivity index is 1.77. The van der Waals surface area contributed by atoms with Crippen molar-refractivity contribution in [2.75, 3.05) is 5.73 Å². The number of carbonyl (C=O) groups is 1. The number of nitrogens with one attached hydrogen (secondary N) is 1. The summed E-state index contributed by atoms with van der Waals surface area (Å²) in [6.45, 7) is 1.90. The Morgan fingerprint density at radius 3 is 2.95 bits per heavy atom. The largest absolute Gasteiger partial charge is 0.399 e. The van der Waals surface area contributed by atoms with Gasteiger partial charge < -0.3 is 11.1 Å². The maximum atomic E-state index is 12.2. The first kappa shape index (κ1) is 12.7. The van der Waals surface area contributed by atoms with Gasteiger partial charge in [0.25, 0.3) is 5.91 Å². The molecule has 20 heavy (non-hydrogen) atoms. The minimum atomic E-state index is -0.0767. The predicted molar refractivity (Wildman–Crippen MR) is 78.4 cm³/mol. The molecular weight excluding hydrogens is 250 g/mol. The van der Waals surface area contributed by atoms with E-state index in [9.17, 15) is 4.79 Å². The van der Waals surface area contributed by atoms with Crippen molar-refractivity contribution in [2.24, 2.45) is 0 Å². The highest BCUT2D eigenvalue weighted by Gasteiger charge is 2.24. The number of nitrogens with zero attached hydrogens (tertiary/aromatic N) is 1. The van der Waals surface area contributed by atoms with Gasteiger partial charge in [0, 0.05) is 17.6 Å². The van der Waals surface area contributed by atoms with E-state index in [2.05, 4.69) is 10.3 Å². The Morgan fingerprint density at radius 1 is 1.35 bits per heavy atom. The first-order chi connectivity index (χ1) is 9.63. The Morgan fingerprint density at radius 2 is 2.20 bits per heavy atom. The number of aromatic nitrogens is 1. The third-order valence-corrected chi connectivity index (χ3v) is 3.72. The van der Waals surface area contributed by atoms with Crippen molar-refractivity contribution in [1.82, 2.24) is 10.3 Å². The summed E-state index contributed by atoms with van der Waals surface area (Å²) < 4.78 is 0. The molecule has 0 saturated heterocycles. The maximum absolute atomic E-state index is 12.2. The minimum absolute atomic E-state index is 0.0689. The van der Waals surface area contributed by atoms with Crippen LogP contribution >= 0.6 is 0 Å². The van der Waals surface area contributed by atoms with Crippen LogP contribution in [-0.4, -0.2) is 10.9 Å². The molecule has 3 N–H and O–H groups in total. The molecule has 1 aromatic heterocycles. The fraction of sp³-hybridized carbons (Fsp3) is 0.250. The standard InChI is InChI=1S/C16H17N3O/c1-10-2-3-12(9-18-10)16(20)19-15-7-4-11-8-13(17)5-6-14(11)15/h2-3,5-6,8-9,15H,4,7,17H2,1H3,(H,19,20). The number of nitrogens with two attached hydrogens (primary N) is 1. The van der Waals surface area contributed by atoms with Gasteiger partial charge in [-0.1, -0.05) is 6.07 Å². The minimum Gasteiger partial charge on any atom is -0.399 e. The Kier molecular flexibility index (Phi) is 3.14. The van der Waals surface area contributed by atoms with Crippen LogP contribution in [0.4, 0.5) is 5.69 Å². The van der Waals surface area contributed by atoms with E-state index in [0.29, 0.717) is 5.56 Å². The number of hydrogen-bond donors (Lipinski definition) is 2. The zero-order valence-electron chi connectivity index (χ0n) is 11.4. The zero-order chi connectivity index (χ0) is 14.1. The molecular formula is C16H17N3O. The van der Waals surface area contributed by atoms with Crippen molar-refractivity contribution in [3.05, 3.63) is 58.9 Å². The number of fused-ring (bicyclic) bond motifs is 1. The first-order valence-electron chi connectivity index (χ1n) is 6.75. The van der Waals surface area contributed by atoms with Crippen LogP contribution in [0.15, 0.2) is 36.5 Å². The molecule has 1 aliphatic rings. The average Bonchev–Trinajstić information content (AvgIpc) is 2.81. The number of carbonyl (C=O) groups excluding carboxylic acids is 1. The average molecular weight is 267 g/mol. The van der Waals surface area contributed by atoms with Gasteiger partial charge in [0.05, 0.1) is 11.6 Å². The van der Waals surface area contributed by atoms with Crippen molar-refractivity contribution < 1.29 is 4.79 Å². The summed E-state index contributed by atoms with van der Waals surface area (Å²) in [7, 11) is 0. The highest BCUT2D eigenvalue weighted by atomic mass is 16.1. The second kappa shape index (κ2) is 4.96. The van der Waals surface area contributed by atoms with E-state index in [1.54, 1.807) is 12.3 Å². The Hall–Kier alpha value is -2.36. The molecule has 0 aliphatic heterocycles. The quantitative estimate of drug-likeness (QED) is 0.821. The highest BCUT2D eigenvalue weighted by molar-refractivity contribution is 5.94. The van der Waals surface area contributed by atoms with Crippen LogP contribution in [0.3, 0.4) is 0 Å². The van der Waals surface area contributed by atoms with E-state index in [1.807, 2.05) is 31.2 Å². The van der Waals surface area contributed by atoms with Crippen molar-refractivity contribution in [2.45, 2.75) is 25.8 Å². The summed E-state index contributed by atoms with van der Waals surface area (Å²) in [5, 5.41) is 3.07. The Labute approximate surface area is 118 Å². The molecule has 0 fully saturated rings. The number of anilines is 1. The molecule has 1 amide bonds. The van der Waals surface area contributed by atoms with E-state index in [4.69, 9.17) is 5.73 Å². The van der Waals surface area contributed by atoms with E-state index in [-0.39, 0.29) is 11.9 Å². The second-order valence-electron chi connectivity index (χ2n) is 5.21. The fourth-order valence-corrected chi connectivity index (χ4v) is 2.63. The smallest absolute Gasteiger partial charge is 0.253 e. The second-order valence-corrected chi connectivity index (χ2v) is 5.21. The molecule has 102 valence electrons. The summed E-state index contributed by atoms with van der Waals surface area (Å²) in [6.07, 6.45) is 3.49. The Bertz CT molecular complexity index is 649. The van der Waals surface area contributed by atoms with Crippen LogP contribution in [-0.2, 0) is 6.42 Å². The molecule has 1 aliphatic carbocycles. The highest BCUT2D eigenvalue weighted by Crippen LogP contribution is 2.32. The monoisotopic (exact) mass is 267 g/mol. The molecule has 1 aromatic carbocycles. The topological polar surface area (TPSA) is 68.0 Å². The third-order valence-electron chi connectivity index (χ3n) is 3.72. The normalized spacial score (nSPS) is 16.8. The van der Waals surface area contributed by atoms with Crippen molar-refractivity contribution in [1.29, 1.82) is 0 Å². The van der Waals surface area contributed by atoms with Gasteiger partial charge >= 0.3 is 0 Å². The molecule has 0 bridgehead atoms. The lowest BCUT2D eigenvalue weighted by Gasteiger charge is -2.14. The lowest BCUT2D eigenvalue weighted by atomic mass is 10.1. The number of benzene rings is 1. The van der Waals surface area contributed by atoms with Gasteiger partial charge in [-0.3, -0.25) is 9.78 Å². The summed E-state index contributed by atoms with van der Waals surface area (Å²) in [5.41, 5.74) is 10.5. The van der Waals surface area contributed by atoms with Gasteiger partial charge in [0.15, 0.2) is 0 Å². The first-order valence-corrected chi connectivity index (χ1v) is 6.75. The van der Waals surface area contributed by atoms with E-state index < -0.39 is 0 Å². The summed E-state index contributed by atoms with van der Waals surface area (Å²) in [5.74, 6) is -0.0767. The maximum Gasteiger partial charge on any atom is 0.253 e. The zero-order valence-corrected chi connectivity index (χ0v) is 11.4. The van der Waals surface area contributed by atoms with Gasteiger partial charge in [-0.05, 0) is 55.2 Å². The number of aryl methyl sites for hydroxylation is 2. The van der Waals surface area contributed by atoms with Crippen LogP contribution < -0.4 is 11.1 Å². The molecule has 2 aromatic rings. The summed E-state index contributed by atoms with van der Waals surface area (Å²) in [4.78, 5) is 16.4. The number of rotatable bonds is 2. The molecule has 1 unspecified atom stereocenters. The van der Waals surface area contributed by atoms with Crippen molar-refractivity contribution in [3.8, 4) is 0 Å². The van der Waals surface area contributed by atoms with Crippen molar-refractivity contribution in [3.63, 3.8) is 0 Å². The molecule has 1 atom stereocenters. The molecule has 0 saturated carbocycles. The van der Waals surface area contributed by atoms with Gasteiger partial charge in [0.2, 0.25) is 0 Å². The van der Waals surface area contributed by atoms with Crippen LogP contribution in [0.5, 0.6) is 0 Å². The van der Waals surface area contributed by atoms with Gasteiger partial charge in [0.1, 0.15) is 0 Å². The lowest BCUT2D eigenvalue weighted by Crippen LogP contribution is -2.27. The molecule has 0 radical (unpaired) electrons. The predicted octanol–water partition coefficient (Wildman–Crippen LogP) is 2.39. The number of nitrogen functional groups attached to an aromatic ring is 1. The molecule has 4 nitrogen and oxygen atoms in total. The van der Waals surface area contributed by atoms with Crippen molar-refractivity contribution >= 4 is 11.6 Å². The van der Waals surface area contributed by atoms with Gasteiger partial charge in [-0.15, -0.1) is 0 Å². The number of pyridine rings is 1.